The van der Waals surface area contributed by atoms with Gasteiger partial charge in [-0.25, -0.2) is 9.59 Å². The second-order valence-electron chi connectivity index (χ2n) is 10.7. The maximum atomic E-state index is 12.1. The van der Waals surface area contributed by atoms with Gasteiger partial charge in [-0.05, 0) is 35.8 Å². The van der Waals surface area contributed by atoms with Crippen molar-refractivity contribution in [3.63, 3.8) is 0 Å². The predicted octanol–water partition coefficient (Wildman–Crippen LogP) is 5.07. The summed E-state index contributed by atoms with van der Waals surface area (Å²) in [7, 11) is 0. The molecule has 2 aromatic rings. The predicted molar refractivity (Wildman–Crippen MR) is 159 cm³/mol. The molecule has 4 atom stereocenters. The van der Waals surface area contributed by atoms with Crippen LogP contribution in [0.3, 0.4) is 0 Å². The number of fused-ring (bicyclic) bond motifs is 1. The fourth-order valence-corrected chi connectivity index (χ4v) is 5.58. The first-order valence-corrected chi connectivity index (χ1v) is 14.2. The van der Waals surface area contributed by atoms with E-state index in [-0.39, 0.29) is 45.2 Å². The fraction of sp³-hybridized carbons (Fsp3) is 0.455. The van der Waals surface area contributed by atoms with E-state index < -0.39 is 6.09 Å². The van der Waals surface area contributed by atoms with Crippen molar-refractivity contribution in [2.24, 2.45) is 23.7 Å². The van der Waals surface area contributed by atoms with Crippen LogP contribution in [-0.2, 0) is 41.8 Å². The minimum absolute atomic E-state index is 0. The summed E-state index contributed by atoms with van der Waals surface area (Å²) in [6, 6.07) is 19.2. The standard InChI is InChI=1S/C16H19NO6.C16H19NO2.CH4/c18-11-21-9-14-6-17(7-15(14)10-22-12-19)16(20)23-8-13-4-2-1-3-5-13;18-16(19-12-13-6-2-1-3-7-13)17-10-14-8-4-5-9-15(14)11-17;/h1-5,11-12,14-15H,6-10H2;1-7,14-15H,8-12H2;1H4. The van der Waals surface area contributed by atoms with Crippen LogP contribution in [0.4, 0.5) is 9.59 Å². The first-order chi connectivity index (χ1) is 20.6. The maximum absolute atomic E-state index is 12.1. The summed E-state index contributed by atoms with van der Waals surface area (Å²) < 4.78 is 20.2. The van der Waals surface area contributed by atoms with Crippen LogP contribution in [0, 0.1) is 23.7 Å². The summed E-state index contributed by atoms with van der Waals surface area (Å²) in [6.45, 7) is 4.15. The highest BCUT2D eigenvalue weighted by atomic mass is 16.6. The fourth-order valence-electron chi connectivity index (χ4n) is 5.58. The van der Waals surface area contributed by atoms with Gasteiger partial charge in [-0.3, -0.25) is 9.59 Å². The molecule has 0 radical (unpaired) electrons. The van der Waals surface area contributed by atoms with Gasteiger partial charge in [0.1, 0.15) is 13.2 Å². The molecule has 0 N–H and O–H groups in total. The number of benzene rings is 2. The summed E-state index contributed by atoms with van der Waals surface area (Å²) in [5.74, 6) is 1.11. The Morgan fingerprint density at radius 1 is 0.651 bits per heavy atom. The molecule has 3 aliphatic rings. The van der Waals surface area contributed by atoms with Gasteiger partial charge >= 0.3 is 12.2 Å². The van der Waals surface area contributed by atoms with Crippen molar-refractivity contribution in [2.45, 2.75) is 33.5 Å². The molecule has 0 saturated carbocycles. The Balaban J connectivity index is 0.000000233. The zero-order valence-electron chi connectivity index (χ0n) is 23.6. The Morgan fingerprint density at radius 2 is 1.05 bits per heavy atom. The molecule has 4 unspecified atom stereocenters. The first-order valence-electron chi connectivity index (χ1n) is 14.2. The second-order valence-corrected chi connectivity index (χ2v) is 10.7. The smallest absolute Gasteiger partial charge is 0.410 e. The summed E-state index contributed by atoms with van der Waals surface area (Å²) in [5, 5.41) is 0. The number of carbonyl (C=O) groups excluding carboxylic acids is 4. The largest absolute Gasteiger partial charge is 0.468 e. The molecule has 2 fully saturated rings. The number of ether oxygens (including phenoxy) is 4. The van der Waals surface area contributed by atoms with Gasteiger partial charge in [-0.1, -0.05) is 80.2 Å². The van der Waals surface area contributed by atoms with Gasteiger partial charge in [-0.2, -0.15) is 0 Å². The summed E-state index contributed by atoms with van der Waals surface area (Å²) >= 11 is 0. The van der Waals surface area contributed by atoms with Crippen LogP contribution >= 0.6 is 0 Å². The van der Waals surface area contributed by atoms with Crippen molar-refractivity contribution in [1.82, 2.24) is 9.80 Å². The van der Waals surface area contributed by atoms with E-state index in [0.29, 0.717) is 44.5 Å². The zero-order chi connectivity index (χ0) is 29.6. The topological polar surface area (TPSA) is 112 Å². The van der Waals surface area contributed by atoms with E-state index in [9.17, 15) is 19.2 Å². The lowest BCUT2D eigenvalue weighted by Gasteiger charge is -2.17. The Bertz CT molecular complexity index is 1140. The van der Waals surface area contributed by atoms with E-state index in [1.807, 2.05) is 65.6 Å². The number of allylic oxidation sites excluding steroid dienone is 2. The third-order valence-electron chi connectivity index (χ3n) is 7.88. The molecule has 2 aromatic carbocycles. The van der Waals surface area contributed by atoms with Crippen LogP contribution in [-0.4, -0.2) is 74.3 Å². The highest BCUT2D eigenvalue weighted by Crippen LogP contribution is 2.33. The van der Waals surface area contributed by atoms with Crippen LogP contribution < -0.4 is 0 Å². The van der Waals surface area contributed by atoms with Gasteiger partial charge in [0.05, 0.1) is 13.2 Å². The molecule has 0 spiro atoms. The zero-order valence-corrected chi connectivity index (χ0v) is 23.6. The maximum Gasteiger partial charge on any atom is 0.410 e. The number of rotatable bonds is 10. The molecular formula is C33H42N2O8. The van der Waals surface area contributed by atoms with Crippen molar-refractivity contribution >= 4 is 25.1 Å². The SMILES string of the molecule is C.O=C(OCc1ccccc1)N1CC2CC=CCC2C1.O=COCC1CN(C(=O)OCc2ccccc2)CC1COC=O. The molecule has 2 aliphatic heterocycles. The average Bonchev–Trinajstić information content (AvgIpc) is 3.66. The minimum atomic E-state index is -0.432. The number of hydrogen-bond donors (Lipinski definition) is 0. The Morgan fingerprint density at radius 3 is 1.44 bits per heavy atom. The van der Waals surface area contributed by atoms with Gasteiger partial charge in [-0.15, -0.1) is 0 Å². The lowest BCUT2D eigenvalue weighted by atomic mass is 9.86. The third-order valence-corrected chi connectivity index (χ3v) is 7.88. The average molecular weight is 595 g/mol. The van der Waals surface area contributed by atoms with Crippen molar-refractivity contribution in [2.75, 3.05) is 39.4 Å². The molecule has 0 bridgehead atoms. The van der Waals surface area contributed by atoms with Crippen molar-refractivity contribution < 1.29 is 38.1 Å². The number of hydrogen-bond acceptors (Lipinski definition) is 8. The minimum Gasteiger partial charge on any atom is -0.468 e. The highest BCUT2D eigenvalue weighted by molar-refractivity contribution is 5.68. The number of likely N-dealkylation sites (tertiary alicyclic amines) is 2. The molecule has 5 rings (SSSR count). The molecule has 2 heterocycles. The van der Waals surface area contributed by atoms with Crippen molar-refractivity contribution in [3.05, 3.63) is 83.9 Å². The molecule has 2 amide bonds. The van der Waals surface area contributed by atoms with Crippen LogP contribution in [0.15, 0.2) is 72.8 Å². The lowest BCUT2D eigenvalue weighted by Crippen LogP contribution is -2.30. The van der Waals surface area contributed by atoms with Crippen molar-refractivity contribution in [1.29, 1.82) is 0 Å². The van der Waals surface area contributed by atoms with E-state index >= 15 is 0 Å². The number of nitrogens with zero attached hydrogens (tertiary/aromatic N) is 2. The van der Waals surface area contributed by atoms with Crippen LogP contribution in [0.2, 0.25) is 0 Å². The number of carbonyl (C=O) groups is 4. The van der Waals surface area contributed by atoms with E-state index in [1.54, 1.807) is 4.90 Å². The molecular weight excluding hydrogens is 552 g/mol. The molecule has 43 heavy (non-hydrogen) atoms. The highest BCUT2D eigenvalue weighted by Gasteiger charge is 2.37. The molecule has 0 aromatic heterocycles. The molecule has 2 saturated heterocycles. The third kappa shape index (κ3) is 10.2. The van der Waals surface area contributed by atoms with E-state index in [0.717, 1.165) is 37.1 Å². The van der Waals surface area contributed by atoms with Crippen molar-refractivity contribution in [3.8, 4) is 0 Å². The lowest BCUT2D eigenvalue weighted by molar-refractivity contribution is -0.133. The van der Waals surface area contributed by atoms with Crippen LogP contribution in [0.1, 0.15) is 31.4 Å². The molecule has 10 nitrogen and oxygen atoms in total. The Hall–Kier alpha value is -4.34. The van der Waals surface area contributed by atoms with E-state index in [1.165, 1.54) is 0 Å². The normalized spacial score (nSPS) is 21.8. The van der Waals surface area contributed by atoms with Gasteiger partial charge in [0.15, 0.2) is 0 Å². The monoisotopic (exact) mass is 594 g/mol. The van der Waals surface area contributed by atoms with Gasteiger partial charge in [0, 0.05) is 38.0 Å². The summed E-state index contributed by atoms with van der Waals surface area (Å²) in [5.41, 5.74) is 1.94. The number of amides is 2. The van der Waals surface area contributed by atoms with E-state index in [4.69, 9.17) is 18.9 Å². The van der Waals surface area contributed by atoms with Crippen LogP contribution in [0.25, 0.3) is 0 Å². The molecule has 232 valence electrons. The van der Waals surface area contributed by atoms with Crippen LogP contribution in [0.5, 0.6) is 0 Å². The second kappa shape index (κ2) is 17.6. The summed E-state index contributed by atoms with van der Waals surface area (Å²) in [4.78, 5) is 48.3. The Kier molecular flexibility index (Phi) is 13.6. The molecule has 1 aliphatic carbocycles. The van der Waals surface area contributed by atoms with Gasteiger partial charge < -0.3 is 28.7 Å². The Labute approximate surface area is 253 Å². The first kappa shape index (κ1) is 33.2. The van der Waals surface area contributed by atoms with E-state index in [2.05, 4.69) is 12.2 Å². The summed E-state index contributed by atoms with van der Waals surface area (Å²) in [6.07, 6.45) is 6.08. The molecule has 10 heteroatoms. The van der Waals surface area contributed by atoms with Gasteiger partial charge in [0.2, 0.25) is 0 Å². The quantitative estimate of drug-likeness (QED) is 0.213. The van der Waals surface area contributed by atoms with Gasteiger partial charge in [0.25, 0.3) is 12.9 Å².